The second-order valence-electron chi connectivity index (χ2n) is 17.6. The summed E-state index contributed by atoms with van der Waals surface area (Å²) in [7, 11) is -2.84. The Morgan fingerprint density at radius 1 is 0.338 bits per heavy atom. The van der Waals surface area contributed by atoms with Gasteiger partial charge in [-0.1, -0.05) is 194 Å². The lowest BCUT2D eigenvalue weighted by Crippen LogP contribution is -2.74. The van der Waals surface area contributed by atoms with Crippen molar-refractivity contribution in [3.8, 4) is 16.8 Å². The molecule has 11 aromatic carbocycles. The third-order valence-electron chi connectivity index (χ3n) is 13.9. The predicted molar refractivity (Wildman–Crippen MR) is 289 cm³/mol. The molecule has 4 heteroatoms. The van der Waals surface area contributed by atoms with Crippen LogP contribution in [-0.4, -0.2) is 12.6 Å². The number of anilines is 3. The third-order valence-corrected chi connectivity index (χ3v) is 18.7. The summed E-state index contributed by atoms with van der Waals surface area (Å²) in [4.78, 5) is 2.40. The first-order chi connectivity index (χ1) is 33.7. The Labute approximate surface area is 396 Å². The minimum absolute atomic E-state index is 0.856. The number of hydrogen-bond donors (Lipinski definition) is 0. The van der Waals surface area contributed by atoms with Crippen molar-refractivity contribution in [3.63, 3.8) is 0 Å². The van der Waals surface area contributed by atoms with Gasteiger partial charge in [-0.05, 0) is 109 Å². The number of rotatable bonds is 9. The van der Waals surface area contributed by atoms with Gasteiger partial charge in [0.1, 0.15) is 11.2 Å². The lowest BCUT2D eigenvalue weighted by molar-refractivity contribution is 0.669. The molecule has 0 amide bonds. The highest BCUT2D eigenvalue weighted by atomic mass is 28.3. The topological polar surface area (TPSA) is 21.3 Å². The van der Waals surface area contributed by atoms with Crippen LogP contribution in [0.2, 0.25) is 0 Å². The van der Waals surface area contributed by atoms with E-state index < -0.39 is 8.07 Å². The molecule has 0 spiro atoms. The van der Waals surface area contributed by atoms with Crippen molar-refractivity contribution >= 4 is 100 Å². The van der Waals surface area contributed by atoms with Crippen molar-refractivity contribution in [1.82, 2.24) is 4.57 Å². The van der Waals surface area contributed by atoms with E-state index in [4.69, 9.17) is 4.42 Å². The Morgan fingerprint density at radius 3 is 1.60 bits per heavy atom. The van der Waals surface area contributed by atoms with Gasteiger partial charge in [0.25, 0.3) is 0 Å². The fourth-order valence-corrected chi connectivity index (χ4v) is 15.8. The summed E-state index contributed by atoms with van der Waals surface area (Å²) in [5.41, 5.74) is 10.8. The molecule has 0 radical (unpaired) electrons. The Hall–Kier alpha value is -8.70. The van der Waals surface area contributed by atoms with Crippen molar-refractivity contribution in [2.45, 2.75) is 0 Å². The van der Waals surface area contributed by atoms with E-state index in [9.17, 15) is 0 Å². The number of benzene rings is 11. The highest BCUT2D eigenvalue weighted by Crippen LogP contribution is 2.43. The maximum absolute atomic E-state index is 6.74. The van der Waals surface area contributed by atoms with Crippen LogP contribution in [0.4, 0.5) is 17.1 Å². The van der Waals surface area contributed by atoms with E-state index in [1.165, 1.54) is 58.9 Å². The summed E-state index contributed by atoms with van der Waals surface area (Å²) in [6.45, 7) is 0. The molecule has 0 aliphatic heterocycles. The van der Waals surface area contributed by atoms with E-state index in [1.807, 2.05) is 0 Å². The molecule has 0 unspecified atom stereocenters. The maximum atomic E-state index is 6.74. The molecule has 68 heavy (non-hydrogen) atoms. The van der Waals surface area contributed by atoms with Crippen molar-refractivity contribution in [2.75, 3.05) is 4.90 Å². The van der Waals surface area contributed by atoms with Gasteiger partial charge in [-0.3, -0.25) is 0 Å². The van der Waals surface area contributed by atoms with Crippen LogP contribution < -0.4 is 25.6 Å². The van der Waals surface area contributed by atoms with Gasteiger partial charge < -0.3 is 13.9 Å². The minimum atomic E-state index is -2.84. The van der Waals surface area contributed by atoms with Crippen molar-refractivity contribution in [3.05, 3.63) is 267 Å². The van der Waals surface area contributed by atoms with Crippen LogP contribution >= 0.6 is 0 Å². The molecule has 3 nitrogen and oxygen atoms in total. The van der Waals surface area contributed by atoms with Gasteiger partial charge in [-0.2, -0.15) is 0 Å². The van der Waals surface area contributed by atoms with Crippen LogP contribution in [0.25, 0.3) is 71.3 Å². The number of nitrogens with zero attached hydrogens (tertiary/aromatic N) is 2. The zero-order chi connectivity index (χ0) is 45.0. The molecule has 0 aliphatic carbocycles. The van der Waals surface area contributed by atoms with Crippen LogP contribution in [0.5, 0.6) is 0 Å². The summed E-state index contributed by atoms with van der Waals surface area (Å²) in [6.07, 6.45) is 0. The van der Waals surface area contributed by atoms with E-state index in [-0.39, 0.29) is 0 Å². The standard InChI is InChI=1S/C64H44N2OSi/c1-5-20-47(21-6-1)66-59-33-16-15-31-57(59)63-55(32-18-34-60(63)66)46-35-38-48(39-36-46)65(50-40-41-58-62(44-50)67-61-42-37-45-19-13-14-30-56(45)64(58)61)49-22-17-29-54(43-49)68(51-23-7-2-8-24-51,52-25-9-3-10-26-52)53-27-11-4-12-28-53/h1-44H. The number of aromatic nitrogens is 1. The summed E-state index contributed by atoms with van der Waals surface area (Å²) in [6, 6.07) is 97.6. The largest absolute Gasteiger partial charge is 0.456 e. The highest BCUT2D eigenvalue weighted by Gasteiger charge is 2.41. The molecule has 13 rings (SSSR count). The molecule has 0 atom stereocenters. The van der Waals surface area contributed by atoms with Gasteiger partial charge in [0.2, 0.25) is 0 Å². The fraction of sp³-hybridized carbons (Fsp3) is 0. The molecule has 2 aromatic heterocycles. The molecule has 0 saturated heterocycles. The minimum Gasteiger partial charge on any atom is -0.456 e. The van der Waals surface area contributed by atoms with E-state index in [2.05, 4.69) is 276 Å². The Bertz CT molecular complexity index is 3860. The highest BCUT2D eigenvalue weighted by molar-refractivity contribution is 7.19. The van der Waals surface area contributed by atoms with Crippen LogP contribution in [0, 0.1) is 0 Å². The van der Waals surface area contributed by atoms with Crippen LogP contribution in [0.3, 0.4) is 0 Å². The van der Waals surface area contributed by atoms with Crippen molar-refractivity contribution < 1.29 is 4.42 Å². The van der Waals surface area contributed by atoms with Gasteiger partial charge in [0.15, 0.2) is 8.07 Å². The first-order valence-electron chi connectivity index (χ1n) is 23.3. The van der Waals surface area contributed by atoms with E-state index in [0.717, 1.165) is 50.3 Å². The first kappa shape index (κ1) is 39.6. The molecule has 0 saturated carbocycles. The molecule has 0 fully saturated rings. The molecule has 0 bridgehead atoms. The number of hydrogen-bond acceptors (Lipinski definition) is 2. The Kier molecular flexibility index (Phi) is 9.51. The molecular formula is C64H44N2OSi. The van der Waals surface area contributed by atoms with Gasteiger partial charge in [0, 0.05) is 50.4 Å². The van der Waals surface area contributed by atoms with Crippen LogP contribution in [-0.2, 0) is 0 Å². The van der Waals surface area contributed by atoms with Gasteiger partial charge in [0.05, 0.1) is 11.0 Å². The summed E-state index contributed by atoms with van der Waals surface area (Å²) in [5, 5.41) is 12.5. The zero-order valence-corrected chi connectivity index (χ0v) is 38.2. The second kappa shape index (κ2) is 16.3. The molecule has 0 aliphatic rings. The molecular weight excluding hydrogens is 841 g/mol. The quantitative estimate of drug-likeness (QED) is 0.106. The van der Waals surface area contributed by atoms with Crippen molar-refractivity contribution in [1.29, 1.82) is 0 Å². The van der Waals surface area contributed by atoms with E-state index in [1.54, 1.807) is 0 Å². The molecule has 2 heterocycles. The van der Waals surface area contributed by atoms with Crippen molar-refractivity contribution in [2.24, 2.45) is 0 Å². The Morgan fingerprint density at radius 2 is 0.897 bits per heavy atom. The average molecular weight is 885 g/mol. The SMILES string of the molecule is c1ccc(-n2c3ccccc3c3c(-c4ccc(N(c5cccc([Si](c6ccccc6)(c6ccccc6)c6ccccc6)c5)c5ccc6c(c5)oc5ccc7ccccc7c56)cc4)cccc32)cc1. The number of furan rings is 1. The van der Waals surface area contributed by atoms with Gasteiger partial charge >= 0.3 is 0 Å². The predicted octanol–water partition coefficient (Wildman–Crippen LogP) is 14.4. The Balaban J connectivity index is 1.02. The lowest BCUT2D eigenvalue weighted by atomic mass is 9.99. The second-order valence-corrected chi connectivity index (χ2v) is 21.4. The number of fused-ring (bicyclic) bond motifs is 8. The van der Waals surface area contributed by atoms with E-state index >= 15 is 0 Å². The van der Waals surface area contributed by atoms with Crippen LogP contribution in [0.15, 0.2) is 271 Å². The molecule has 13 aromatic rings. The van der Waals surface area contributed by atoms with Gasteiger partial charge in [-0.25, -0.2) is 0 Å². The zero-order valence-electron chi connectivity index (χ0n) is 37.2. The average Bonchev–Trinajstić information content (AvgIpc) is 3.97. The fourth-order valence-electron chi connectivity index (χ4n) is 11.0. The van der Waals surface area contributed by atoms with E-state index in [0.29, 0.717) is 0 Å². The first-order valence-corrected chi connectivity index (χ1v) is 25.3. The monoisotopic (exact) mass is 884 g/mol. The van der Waals surface area contributed by atoms with Gasteiger partial charge in [-0.15, -0.1) is 0 Å². The normalized spacial score (nSPS) is 11.8. The molecule has 0 N–H and O–H groups in total. The number of para-hydroxylation sites is 2. The summed E-state index contributed by atoms with van der Waals surface area (Å²) in [5.74, 6) is 0. The summed E-state index contributed by atoms with van der Waals surface area (Å²) < 4.78 is 9.13. The molecule has 320 valence electrons. The smallest absolute Gasteiger partial charge is 0.179 e. The maximum Gasteiger partial charge on any atom is 0.179 e. The summed E-state index contributed by atoms with van der Waals surface area (Å²) >= 11 is 0. The third kappa shape index (κ3) is 6.34. The van der Waals surface area contributed by atoms with Crippen LogP contribution in [0.1, 0.15) is 0 Å². The lowest BCUT2D eigenvalue weighted by Gasteiger charge is -2.35.